The van der Waals surface area contributed by atoms with Gasteiger partial charge < -0.3 is 0 Å². The Morgan fingerprint density at radius 1 is 1.38 bits per heavy atom. The smallest absolute Gasteiger partial charge is 0.0894 e. The molecule has 0 aliphatic rings. The Hall–Kier alpha value is -1.36. The largest absolute Gasteiger partial charge is 0.263 e. The Bertz CT molecular complexity index is 284. The van der Waals surface area contributed by atoms with Gasteiger partial charge in [0.1, 0.15) is 0 Å². The zero-order valence-corrected chi connectivity index (χ0v) is 7.46. The van der Waals surface area contributed by atoms with Crippen LogP contribution in [0, 0.1) is 11.8 Å². The van der Waals surface area contributed by atoms with Gasteiger partial charge in [-0.25, -0.2) is 0 Å². The first-order valence-corrected chi connectivity index (χ1v) is 4.38. The second kappa shape index (κ2) is 6.19. The maximum atomic E-state index is 11.7. The average molecular weight is 177 g/mol. The highest BCUT2D eigenvalue weighted by molar-refractivity contribution is 5.30. The molecule has 1 nitrogen and oxygen atoms in total. The first-order valence-electron chi connectivity index (χ1n) is 4.38. The van der Waals surface area contributed by atoms with Crippen LogP contribution in [-0.4, -0.2) is 11.7 Å². The maximum absolute atomic E-state index is 11.7. The summed E-state index contributed by atoms with van der Waals surface area (Å²) in [6, 6.07) is 3.76. The van der Waals surface area contributed by atoms with E-state index in [0.717, 1.165) is 18.4 Å². The second-order valence-corrected chi connectivity index (χ2v) is 2.69. The zero-order chi connectivity index (χ0) is 9.36. The minimum Gasteiger partial charge on any atom is -0.263 e. The number of alkyl halides is 1. The molecular weight excluding hydrogens is 165 g/mol. The lowest BCUT2D eigenvalue weighted by Crippen LogP contribution is -1.77. The number of unbranched alkanes of at least 4 members (excludes halogenated alkanes) is 2. The summed E-state index contributed by atoms with van der Waals surface area (Å²) in [6.07, 6.45) is 5.65. The van der Waals surface area contributed by atoms with E-state index in [1.165, 1.54) is 0 Å². The Morgan fingerprint density at radius 3 is 3.00 bits per heavy atom. The van der Waals surface area contributed by atoms with Crippen molar-refractivity contribution >= 4 is 0 Å². The van der Waals surface area contributed by atoms with E-state index in [9.17, 15) is 4.39 Å². The van der Waals surface area contributed by atoms with Gasteiger partial charge >= 0.3 is 0 Å². The monoisotopic (exact) mass is 177 g/mol. The van der Waals surface area contributed by atoms with Crippen molar-refractivity contribution in [3.05, 3.63) is 30.1 Å². The van der Waals surface area contributed by atoms with E-state index in [-0.39, 0.29) is 6.67 Å². The van der Waals surface area contributed by atoms with E-state index in [4.69, 9.17) is 0 Å². The lowest BCUT2D eigenvalue weighted by molar-refractivity contribution is 0.464. The van der Waals surface area contributed by atoms with Crippen molar-refractivity contribution in [3.8, 4) is 11.8 Å². The Morgan fingerprint density at radius 2 is 2.31 bits per heavy atom. The molecule has 0 saturated heterocycles. The Kier molecular flexibility index (Phi) is 4.63. The number of rotatable bonds is 3. The second-order valence-electron chi connectivity index (χ2n) is 2.69. The van der Waals surface area contributed by atoms with Crippen molar-refractivity contribution in [2.45, 2.75) is 19.3 Å². The first kappa shape index (κ1) is 9.73. The van der Waals surface area contributed by atoms with Gasteiger partial charge in [-0.1, -0.05) is 11.8 Å². The third-order valence-corrected chi connectivity index (χ3v) is 1.58. The molecule has 0 bridgehead atoms. The topological polar surface area (TPSA) is 12.9 Å². The summed E-state index contributed by atoms with van der Waals surface area (Å²) in [5.41, 5.74) is 0.919. The number of hydrogen-bond acceptors (Lipinski definition) is 1. The molecule has 0 amide bonds. The lowest BCUT2D eigenvalue weighted by Gasteiger charge is -1.88. The number of pyridine rings is 1. The van der Waals surface area contributed by atoms with E-state index in [2.05, 4.69) is 16.8 Å². The fraction of sp³-hybridized carbons (Fsp3) is 0.364. The molecule has 0 aromatic carbocycles. The van der Waals surface area contributed by atoms with Crippen molar-refractivity contribution in [1.29, 1.82) is 0 Å². The molecule has 0 spiro atoms. The molecule has 13 heavy (non-hydrogen) atoms. The van der Waals surface area contributed by atoms with Crippen molar-refractivity contribution in [1.82, 2.24) is 4.98 Å². The average Bonchev–Trinajstić information content (AvgIpc) is 2.19. The van der Waals surface area contributed by atoms with Crippen molar-refractivity contribution in [3.63, 3.8) is 0 Å². The van der Waals surface area contributed by atoms with E-state index in [1.807, 2.05) is 12.1 Å². The van der Waals surface area contributed by atoms with Crippen LogP contribution in [0.4, 0.5) is 4.39 Å². The predicted molar refractivity (Wildman–Crippen MR) is 50.9 cm³/mol. The van der Waals surface area contributed by atoms with Crippen molar-refractivity contribution in [2.24, 2.45) is 0 Å². The van der Waals surface area contributed by atoms with E-state index >= 15 is 0 Å². The molecule has 0 N–H and O–H groups in total. The van der Waals surface area contributed by atoms with Gasteiger partial charge in [-0.05, 0) is 25.0 Å². The molecule has 2 heteroatoms. The molecule has 0 fully saturated rings. The first-order chi connectivity index (χ1) is 6.43. The van der Waals surface area contributed by atoms with Crippen LogP contribution in [0.5, 0.6) is 0 Å². The summed E-state index contributed by atoms with van der Waals surface area (Å²) < 4.78 is 11.7. The van der Waals surface area contributed by atoms with Crippen LogP contribution >= 0.6 is 0 Å². The van der Waals surface area contributed by atoms with Crippen LogP contribution < -0.4 is 0 Å². The van der Waals surface area contributed by atoms with Gasteiger partial charge in [-0.15, -0.1) is 0 Å². The van der Waals surface area contributed by atoms with Crippen LogP contribution in [0.2, 0.25) is 0 Å². The molecule has 0 radical (unpaired) electrons. The van der Waals surface area contributed by atoms with E-state index in [0.29, 0.717) is 6.42 Å². The van der Waals surface area contributed by atoms with Gasteiger partial charge in [-0.2, -0.15) is 0 Å². The van der Waals surface area contributed by atoms with E-state index in [1.54, 1.807) is 12.4 Å². The van der Waals surface area contributed by atoms with Gasteiger partial charge in [0.25, 0.3) is 0 Å². The van der Waals surface area contributed by atoms with Crippen LogP contribution in [0.25, 0.3) is 0 Å². The fourth-order valence-electron chi connectivity index (χ4n) is 0.909. The van der Waals surface area contributed by atoms with Crippen molar-refractivity contribution in [2.75, 3.05) is 6.67 Å². The van der Waals surface area contributed by atoms with Gasteiger partial charge in [0.05, 0.1) is 6.67 Å². The SMILES string of the molecule is FCCCCC#Cc1cccnc1. The molecule has 1 heterocycles. The molecule has 68 valence electrons. The molecule has 0 aliphatic carbocycles. The standard InChI is InChI=1S/C11H12FN/c12-8-4-2-1-3-6-11-7-5-9-13-10-11/h5,7,9-10H,1-2,4,8H2. The zero-order valence-electron chi connectivity index (χ0n) is 7.46. The fourth-order valence-corrected chi connectivity index (χ4v) is 0.909. The summed E-state index contributed by atoms with van der Waals surface area (Å²) in [7, 11) is 0. The summed E-state index contributed by atoms with van der Waals surface area (Å²) in [4.78, 5) is 3.94. The predicted octanol–water partition coefficient (Wildman–Crippen LogP) is 2.57. The summed E-state index contributed by atoms with van der Waals surface area (Å²) in [6.45, 7) is -0.241. The summed E-state index contributed by atoms with van der Waals surface area (Å²) >= 11 is 0. The van der Waals surface area contributed by atoms with Crippen LogP contribution in [0.1, 0.15) is 24.8 Å². The number of nitrogens with zero attached hydrogens (tertiary/aromatic N) is 1. The van der Waals surface area contributed by atoms with Crippen LogP contribution in [-0.2, 0) is 0 Å². The van der Waals surface area contributed by atoms with Gasteiger partial charge in [0, 0.05) is 24.4 Å². The molecule has 0 unspecified atom stereocenters. The highest BCUT2D eigenvalue weighted by Crippen LogP contribution is 1.96. The molecule has 0 saturated carbocycles. The molecule has 0 aliphatic heterocycles. The minimum atomic E-state index is -0.241. The highest BCUT2D eigenvalue weighted by Gasteiger charge is 1.84. The highest BCUT2D eigenvalue weighted by atomic mass is 19.1. The number of aromatic nitrogens is 1. The Balaban J connectivity index is 2.31. The third-order valence-electron chi connectivity index (χ3n) is 1.58. The minimum absolute atomic E-state index is 0.241. The van der Waals surface area contributed by atoms with Crippen molar-refractivity contribution < 1.29 is 4.39 Å². The van der Waals surface area contributed by atoms with Crippen LogP contribution in [0.15, 0.2) is 24.5 Å². The normalized spacial score (nSPS) is 9.00. The van der Waals surface area contributed by atoms with Crippen LogP contribution in [0.3, 0.4) is 0 Å². The molecular formula is C11H12FN. The van der Waals surface area contributed by atoms with E-state index < -0.39 is 0 Å². The number of hydrogen-bond donors (Lipinski definition) is 0. The van der Waals surface area contributed by atoms with Gasteiger partial charge in [0.15, 0.2) is 0 Å². The maximum Gasteiger partial charge on any atom is 0.0894 e. The lowest BCUT2D eigenvalue weighted by atomic mass is 10.2. The Labute approximate surface area is 78.0 Å². The van der Waals surface area contributed by atoms with Gasteiger partial charge in [0.2, 0.25) is 0 Å². The molecule has 0 atom stereocenters. The number of halogens is 1. The molecule has 1 aromatic heterocycles. The molecule has 1 rings (SSSR count). The summed E-state index contributed by atoms with van der Waals surface area (Å²) in [5, 5.41) is 0. The molecule has 1 aromatic rings. The summed E-state index contributed by atoms with van der Waals surface area (Å²) in [5.74, 6) is 5.95. The van der Waals surface area contributed by atoms with Gasteiger partial charge in [-0.3, -0.25) is 9.37 Å². The quantitative estimate of drug-likeness (QED) is 0.510. The third kappa shape index (κ3) is 4.27.